The van der Waals surface area contributed by atoms with E-state index in [0.717, 1.165) is 5.56 Å². The van der Waals surface area contributed by atoms with Gasteiger partial charge in [-0.2, -0.15) is 8.78 Å². The van der Waals surface area contributed by atoms with E-state index in [-0.39, 0.29) is 41.8 Å². The van der Waals surface area contributed by atoms with Crippen LogP contribution in [-0.4, -0.2) is 46.5 Å². The summed E-state index contributed by atoms with van der Waals surface area (Å²) in [6, 6.07) is 9.43. The molecule has 2 aromatic rings. The number of sulfonamides is 1. The van der Waals surface area contributed by atoms with Crippen molar-refractivity contribution in [1.29, 1.82) is 0 Å². The smallest absolute Gasteiger partial charge is 0.387 e. The van der Waals surface area contributed by atoms with Gasteiger partial charge in [-0.15, -0.1) is 0 Å². The molecule has 0 heterocycles. The number of hydrogen-bond acceptors (Lipinski definition) is 5. The zero-order valence-corrected chi connectivity index (χ0v) is 18.6. The number of nitrogens with one attached hydrogen (secondary N) is 1. The Labute approximate surface area is 181 Å². The van der Waals surface area contributed by atoms with E-state index in [2.05, 4.69) is 9.46 Å². The Balaban J connectivity index is 1.94. The Bertz CT molecular complexity index is 1030. The number of alkyl halides is 2. The van der Waals surface area contributed by atoms with Crippen LogP contribution in [0, 0.1) is 13.8 Å². The van der Waals surface area contributed by atoms with Gasteiger partial charge in [0.2, 0.25) is 15.9 Å². The van der Waals surface area contributed by atoms with Gasteiger partial charge in [0.25, 0.3) is 0 Å². The number of methoxy groups -OCH3 is 1. The topological polar surface area (TPSA) is 84.9 Å². The molecule has 1 amide bonds. The molecule has 170 valence electrons. The van der Waals surface area contributed by atoms with E-state index in [1.165, 1.54) is 30.2 Å². The van der Waals surface area contributed by atoms with Gasteiger partial charge in [-0.05, 0) is 43.2 Å². The van der Waals surface area contributed by atoms with Gasteiger partial charge in [-0.25, -0.2) is 13.1 Å². The standard InChI is InChI=1S/C21H26F2N2O5S/c1-14-5-8-19(15(2)11-14)31(27,28)24-10-9-20(26)25(3)13-16-6-7-17(30-21(22)23)18(12-16)29-4/h5-8,11-12,21,24H,9-10,13H2,1-4H3. The summed E-state index contributed by atoms with van der Waals surface area (Å²) in [5, 5.41) is 0. The molecule has 0 radical (unpaired) electrons. The summed E-state index contributed by atoms with van der Waals surface area (Å²) in [5.74, 6) is -0.258. The van der Waals surface area contributed by atoms with Crippen LogP contribution in [0.15, 0.2) is 41.3 Å². The Hall–Kier alpha value is -2.72. The average Bonchev–Trinajstić information content (AvgIpc) is 2.68. The molecule has 0 aliphatic heterocycles. The van der Waals surface area contributed by atoms with E-state index in [1.807, 2.05) is 6.92 Å². The van der Waals surface area contributed by atoms with E-state index < -0.39 is 16.6 Å². The maximum absolute atomic E-state index is 12.5. The summed E-state index contributed by atoms with van der Waals surface area (Å²) in [6.07, 6.45) is -0.0374. The van der Waals surface area contributed by atoms with Crippen molar-refractivity contribution in [2.24, 2.45) is 0 Å². The summed E-state index contributed by atoms with van der Waals surface area (Å²) in [6.45, 7) is 0.751. The van der Waals surface area contributed by atoms with Crippen molar-refractivity contribution in [3.8, 4) is 11.5 Å². The second-order valence-electron chi connectivity index (χ2n) is 7.03. The highest BCUT2D eigenvalue weighted by Gasteiger charge is 2.18. The van der Waals surface area contributed by atoms with E-state index >= 15 is 0 Å². The molecule has 2 aromatic carbocycles. The lowest BCUT2D eigenvalue weighted by Gasteiger charge is -2.19. The molecule has 2 rings (SSSR count). The molecule has 0 spiro atoms. The van der Waals surface area contributed by atoms with E-state index in [0.29, 0.717) is 11.1 Å². The van der Waals surface area contributed by atoms with Crippen molar-refractivity contribution in [1.82, 2.24) is 9.62 Å². The predicted octanol–water partition coefficient (Wildman–Crippen LogP) is 3.24. The lowest BCUT2D eigenvalue weighted by atomic mass is 10.2. The first kappa shape index (κ1) is 24.5. The summed E-state index contributed by atoms with van der Waals surface area (Å²) < 4.78 is 61.7. The van der Waals surface area contributed by atoms with Gasteiger partial charge >= 0.3 is 6.61 Å². The van der Waals surface area contributed by atoms with Crippen LogP contribution in [0.3, 0.4) is 0 Å². The monoisotopic (exact) mass is 456 g/mol. The van der Waals surface area contributed by atoms with Crippen LogP contribution in [0.2, 0.25) is 0 Å². The van der Waals surface area contributed by atoms with Crippen molar-refractivity contribution in [3.63, 3.8) is 0 Å². The molecule has 0 aliphatic carbocycles. The first-order valence-electron chi connectivity index (χ1n) is 9.46. The fourth-order valence-corrected chi connectivity index (χ4v) is 4.28. The van der Waals surface area contributed by atoms with E-state index in [4.69, 9.17) is 4.74 Å². The first-order chi connectivity index (χ1) is 14.5. The SMILES string of the molecule is COc1cc(CN(C)C(=O)CCNS(=O)(=O)c2ccc(C)cc2C)ccc1OC(F)F. The van der Waals surface area contributed by atoms with Crippen molar-refractivity contribution in [3.05, 3.63) is 53.1 Å². The fourth-order valence-electron chi connectivity index (χ4n) is 3.03. The number of carbonyl (C=O) groups excluding carboxylic acids is 1. The van der Waals surface area contributed by atoms with Gasteiger partial charge in [0.05, 0.1) is 12.0 Å². The zero-order valence-electron chi connectivity index (χ0n) is 17.8. The van der Waals surface area contributed by atoms with Gasteiger partial charge in [-0.1, -0.05) is 23.8 Å². The molecule has 7 nitrogen and oxygen atoms in total. The number of ether oxygens (including phenoxy) is 2. The van der Waals surface area contributed by atoms with Crippen molar-refractivity contribution in [2.45, 2.75) is 38.3 Å². The molecule has 0 saturated heterocycles. The first-order valence-corrected chi connectivity index (χ1v) is 10.9. The van der Waals surface area contributed by atoms with Gasteiger partial charge in [0, 0.05) is 26.6 Å². The van der Waals surface area contributed by atoms with Crippen molar-refractivity contribution >= 4 is 15.9 Å². The Kier molecular flexibility index (Phi) is 8.35. The minimum Gasteiger partial charge on any atom is -0.493 e. The van der Waals surface area contributed by atoms with Crippen molar-refractivity contribution < 1.29 is 31.5 Å². The summed E-state index contributed by atoms with van der Waals surface area (Å²) in [5.41, 5.74) is 2.23. The molecule has 0 aliphatic rings. The molecule has 0 unspecified atom stereocenters. The van der Waals surface area contributed by atoms with Gasteiger partial charge in [0.15, 0.2) is 11.5 Å². The van der Waals surface area contributed by atoms with Crippen LogP contribution in [0.25, 0.3) is 0 Å². The van der Waals surface area contributed by atoms with Crippen molar-refractivity contribution in [2.75, 3.05) is 20.7 Å². The quantitative estimate of drug-likeness (QED) is 0.593. The largest absolute Gasteiger partial charge is 0.493 e. The number of amides is 1. The van der Waals surface area contributed by atoms with E-state index in [9.17, 15) is 22.0 Å². The minimum atomic E-state index is -3.72. The van der Waals surface area contributed by atoms with Gasteiger partial charge in [-0.3, -0.25) is 4.79 Å². The lowest BCUT2D eigenvalue weighted by molar-refractivity contribution is -0.130. The van der Waals surface area contributed by atoms with Crippen LogP contribution >= 0.6 is 0 Å². The Morgan fingerprint density at radius 2 is 1.84 bits per heavy atom. The Morgan fingerprint density at radius 1 is 1.13 bits per heavy atom. The molecule has 1 N–H and O–H groups in total. The molecule has 0 saturated carbocycles. The molecule has 10 heteroatoms. The molecule has 0 atom stereocenters. The predicted molar refractivity (Wildman–Crippen MR) is 112 cm³/mol. The van der Waals surface area contributed by atoms with Crippen LogP contribution in [0.4, 0.5) is 8.78 Å². The van der Waals surface area contributed by atoms with Crippen LogP contribution < -0.4 is 14.2 Å². The molecular weight excluding hydrogens is 430 g/mol. The van der Waals surface area contributed by atoms with Crippen LogP contribution in [0.5, 0.6) is 11.5 Å². The number of carbonyl (C=O) groups is 1. The molecular formula is C21H26F2N2O5S. The van der Waals surface area contributed by atoms with E-state index in [1.54, 1.807) is 32.2 Å². The number of nitrogens with zero attached hydrogens (tertiary/aromatic N) is 1. The number of aryl methyl sites for hydroxylation is 2. The number of halogens is 2. The molecule has 0 fully saturated rings. The second kappa shape index (κ2) is 10.5. The summed E-state index contributed by atoms with van der Waals surface area (Å²) in [4.78, 5) is 14.0. The highest BCUT2D eigenvalue weighted by molar-refractivity contribution is 7.89. The molecule has 0 aromatic heterocycles. The highest BCUT2D eigenvalue weighted by Crippen LogP contribution is 2.29. The fraction of sp³-hybridized carbons (Fsp3) is 0.381. The number of rotatable bonds is 10. The number of benzene rings is 2. The minimum absolute atomic E-state index is 0.0374. The van der Waals surface area contributed by atoms with Crippen LogP contribution in [0.1, 0.15) is 23.1 Å². The lowest BCUT2D eigenvalue weighted by Crippen LogP contribution is -2.32. The normalized spacial score (nSPS) is 11.5. The summed E-state index contributed by atoms with van der Waals surface area (Å²) >= 11 is 0. The highest BCUT2D eigenvalue weighted by atomic mass is 32.2. The number of hydrogen-bond donors (Lipinski definition) is 1. The third-order valence-electron chi connectivity index (χ3n) is 4.54. The van der Waals surface area contributed by atoms with Gasteiger partial charge < -0.3 is 14.4 Å². The molecule has 31 heavy (non-hydrogen) atoms. The van der Waals surface area contributed by atoms with Gasteiger partial charge in [0.1, 0.15) is 0 Å². The summed E-state index contributed by atoms with van der Waals surface area (Å²) in [7, 11) is -0.830. The third kappa shape index (κ3) is 6.90. The third-order valence-corrected chi connectivity index (χ3v) is 6.16. The average molecular weight is 457 g/mol. The van der Waals surface area contributed by atoms with Crippen LogP contribution in [-0.2, 0) is 21.4 Å². The Morgan fingerprint density at radius 3 is 2.45 bits per heavy atom. The maximum Gasteiger partial charge on any atom is 0.387 e. The second-order valence-corrected chi connectivity index (χ2v) is 8.77. The maximum atomic E-state index is 12.5. The molecule has 0 bridgehead atoms. The zero-order chi connectivity index (χ0) is 23.2.